The third-order valence-corrected chi connectivity index (χ3v) is 5.51. The van der Waals surface area contributed by atoms with Gasteiger partial charge in [-0.05, 0) is 37.3 Å². The maximum atomic E-state index is 13.6. The van der Waals surface area contributed by atoms with E-state index < -0.39 is 18.2 Å². The fourth-order valence-corrected chi connectivity index (χ4v) is 4.03. The Morgan fingerprint density at radius 2 is 2.06 bits per heavy atom. The van der Waals surface area contributed by atoms with Gasteiger partial charge in [-0.2, -0.15) is 0 Å². The van der Waals surface area contributed by atoms with Gasteiger partial charge in [0.1, 0.15) is 12.1 Å². The highest BCUT2D eigenvalue weighted by atomic mass is 19.4. The minimum atomic E-state index is -4.82. The average molecular weight is 473 g/mol. The number of aromatic nitrogens is 5. The van der Waals surface area contributed by atoms with E-state index in [1.54, 1.807) is 27.5 Å². The van der Waals surface area contributed by atoms with Crippen LogP contribution in [0, 0.1) is 0 Å². The maximum absolute atomic E-state index is 13.6. The number of pyridine rings is 1. The van der Waals surface area contributed by atoms with E-state index in [-0.39, 0.29) is 24.4 Å². The highest BCUT2D eigenvalue weighted by Gasteiger charge is 2.36. The first kappa shape index (κ1) is 21.8. The van der Waals surface area contributed by atoms with E-state index in [0.717, 1.165) is 12.3 Å². The van der Waals surface area contributed by atoms with Gasteiger partial charge in [-0.15, -0.1) is 23.4 Å². The van der Waals surface area contributed by atoms with E-state index in [0.29, 0.717) is 34.5 Å². The summed E-state index contributed by atoms with van der Waals surface area (Å²) in [7, 11) is 0. The van der Waals surface area contributed by atoms with Crippen molar-refractivity contribution in [2.24, 2.45) is 0 Å². The largest absolute Gasteiger partial charge is 0.573 e. The van der Waals surface area contributed by atoms with Crippen LogP contribution >= 0.6 is 0 Å². The molecule has 0 spiro atoms. The first-order valence-corrected chi connectivity index (χ1v) is 10.2. The van der Waals surface area contributed by atoms with E-state index in [2.05, 4.69) is 24.9 Å². The summed E-state index contributed by atoms with van der Waals surface area (Å²) in [5.41, 5.74) is 8.23. The van der Waals surface area contributed by atoms with Crippen molar-refractivity contribution in [3.63, 3.8) is 0 Å². The lowest BCUT2D eigenvalue weighted by Crippen LogP contribution is -2.49. The molecule has 34 heavy (non-hydrogen) atoms. The van der Waals surface area contributed by atoms with Crippen molar-refractivity contribution < 1.29 is 27.4 Å². The molecule has 10 nitrogen and oxygen atoms in total. The SMILES string of the molecule is CC1COCC(c2ccc(OC(F)(F)F)cn2)N1C(=O)c1ccc2nc(N)c3nncn3c2c1. The molecule has 13 heteroatoms. The van der Waals surface area contributed by atoms with E-state index in [9.17, 15) is 18.0 Å². The Labute approximate surface area is 190 Å². The van der Waals surface area contributed by atoms with Gasteiger partial charge in [-0.1, -0.05) is 0 Å². The van der Waals surface area contributed by atoms with Crippen LogP contribution in [0.1, 0.15) is 29.0 Å². The number of nitrogens with zero attached hydrogens (tertiary/aromatic N) is 6. The number of amides is 1. The normalized spacial score (nSPS) is 19.0. The number of ether oxygens (including phenoxy) is 2. The smallest absolute Gasteiger partial charge is 0.404 e. The molecular weight excluding hydrogens is 455 g/mol. The van der Waals surface area contributed by atoms with Gasteiger partial charge in [0.15, 0.2) is 5.82 Å². The molecule has 3 aromatic heterocycles. The monoisotopic (exact) mass is 473 g/mol. The molecule has 5 rings (SSSR count). The zero-order chi connectivity index (χ0) is 24.0. The van der Waals surface area contributed by atoms with E-state index >= 15 is 0 Å². The van der Waals surface area contributed by atoms with Gasteiger partial charge in [0.25, 0.3) is 5.91 Å². The number of benzene rings is 1. The molecular formula is C21H18F3N7O3. The molecule has 0 aliphatic carbocycles. The molecule has 0 bridgehead atoms. The van der Waals surface area contributed by atoms with Crippen LogP contribution in [0.3, 0.4) is 0 Å². The standard InChI is InChI=1S/C21H18F3N7O3/c1-11-8-33-9-17(14-5-3-13(7-26-14)34-21(22,23)24)31(11)20(32)12-2-4-15-16(6-12)30-10-27-29-19(30)18(25)28-15/h2-7,10-11,17H,8-9H2,1H3,(H2,25,28). The molecule has 2 atom stereocenters. The first-order chi connectivity index (χ1) is 16.2. The van der Waals surface area contributed by atoms with Crippen molar-refractivity contribution in [2.75, 3.05) is 18.9 Å². The van der Waals surface area contributed by atoms with Crippen LogP contribution in [-0.2, 0) is 4.74 Å². The molecule has 1 aromatic carbocycles. The second kappa shape index (κ2) is 8.09. The van der Waals surface area contributed by atoms with Crippen LogP contribution in [0.15, 0.2) is 42.9 Å². The van der Waals surface area contributed by atoms with Gasteiger partial charge >= 0.3 is 6.36 Å². The Bertz CT molecular complexity index is 1370. The van der Waals surface area contributed by atoms with Crippen molar-refractivity contribution in [1.29, 1.82) is 0 Å². The van der Waals surface area contributed by atoms with Crippen molar-refractivity contribution in [3.8, 4) is 5.75 Å². The maximum Gasteiger partial charge on any atom is 0.573 e. The fraction of sp³-hybridized carbons (Fsp3) is 0.286. The van der Waals surface area contributed by atoms with Gasteiger partial charge in [-0.25, -0.2) is 4.98 Å². The summed E-state index contributed by atoms with van der Waals surface area (Å²) < 4.78 is 48.6. The van der Waals surface area contributed by atoms with E-state index in [1.165, 1.54) is 12.4 Å². The average Bonchev–Trinajstić information content (AvgIpc) is 3.29. The summed E-state index contributed by atoms with van der Waals surface area (Å²) in [5, 5.41) is 7.81. The van der Waals surface area contributed by atoms with Crippen LogP contribution in [0.2, 0.25) is 0 Å². The molecule has 0 saturated carbocycles. The Morgan fingerprint density at radius 3 is 2.79 bits per heavy atom. The molecule has 4 heterocycles. The lowest BCUT2D eigenvalue weighted by Gasteiger charge is -2.40. The second-order valence-electron chi connectivity index (χ2n) is 7.81. The summed E-state index contributed by atoms with van der Waals surface area (Å²) in [6.07, 6.45) is -2.36. The molecule has 1 aliphatic rings. The minimum absolute atomic E-state index is 0.143. The first-order valence-electron chi connectivity index (χ1n) is 10.2. The number of rotatable bonds is 3. The Kier molecular flexibility index (Phi) is 5.20. The molecule has 1 saturated heterocycles. The van der Waals surface area contributed by atoms with Crippen molar-refractivity contribution in [1.82, 2.24) is 29.5 Å². The van der Waals surface area contributed by atoms with Crippen LogP contribution in [-0.4, -0.2) is 61.0 Å². The van der Waals surface area contributed by atoms with Crippen LogP contribution in [0.5, 0.6) is 5.75 Å². The Hall–Kier alpha value is -4.00. The van der Waals surface area contributed by atoms with Gasteiger partial charge < -0.3 is 20.1 Å². The molecule has 176 valence electrons. The lowest BCUT2D eigenvalue weighted by molar-refractivity contribution is -0.274. The summed E-state index contributed by atoms with van der Waals surface area (Å²) in [5.74, 6) is -0.522. The zero-order valence-electron chi connectivity index (χ0n) is 17.7. The molecule has 2 N–H and O–H groups in total. The predicted octanol–water partition coefficient (Wildman–Crippen LogP) is 2.76. The highest BCUT2D eigenvalue weighted by molar-refractivity contribution is 5.98. The minimum Gasteiger partial charge on any atom is -0.404 e. The number of fused-ring (bicyclic) bond motifs is 3. The molecule has 2 unspecified atom stereocenters. The Morgan fingerprint density at radius 1 is 1.24 bits per heavy atom. The topological polar surface area (TPSA) is 121 Å². The predicted molar refractivity (Wildman–Crippen MR) is 113 cm³/mol. The van der Waals surface area contributed by atoms with Crippen molar-refractivity contribution in [2.45, 2.75) is 25.4 Å². The van der Waals surface area contributed by atoms with E-state index in [1.807, 2.05) is 6.92 Å². The number of halogens is 3. The number of carbonyl (C=O) groups is 1. The molecule has 0 radical (unpaired) electrons. The Balaban J connectivity index is 1.49. The number of nitrogens with two attached hydrogens (primary N) is 1. The fourth-order valence-electron chi connectivity index (χ4n) is 4.03. The summed E-state index contributed by atoms with van der Waals surface area (Å²) in [4.78, 5) is 23.6. The van der Waals surface area contributed by atoms with Gasteiger partial charge in [0, 0.05) is 5.56 Å². The van der Waals surface area contributed by atoms with Crippen molar-refractivity contribution in [3.05, 3.63) is 54.1 Å². The summed E-state index contributed by atoms with van der Waals surface area (Å²) >= 11 is 0. The lowest BCUT2D eigenvalue weighted by atomic mass is 10.0. The zero-order valence-corrected chi connectivity index (χ0v) is 17.7. The number of nitrogen functional groups attached to an aromatic ring is 1. The third kappa shape index (κ3) is 3.94. The quantitative estimate of drug-likeness (QED) is 0.482. The van der Waals surface area contributed by atoms with Gasteiger partial charge in [-0.3, -0.25) is 14.2 Å². The summed E-state index contributed by atoms with van der Waals surface area (Å²) in [6.45, 7) is 2.27. The molecule has 4 aromatic rings. The third-order valence-electron chi connectivity index (χ3n) is 5.51. The van der Waals surface area contributed by atoms with Crippen LogP contribution in [0.25, 0.3) is 16.7 Å². The van der Waals surface area contributed by atoms with Gasteiger partial charge in [0.05, 0.1) is 48.2 Å². The molecule has 1 amide bonds. The number of anilines is 1. The number of hydrogen-bond donors (Lipinski definition) is 1. The van der Waals surface area contributed by atoms with Crippen molar-refractivity contribution >= 4 is 28.4 Å². The van der Waals surface area contributed by atoms with Crippen LogP contribution < -0.4 is 10.5 Å². The molecule has 1 fully saturated rings. The van der Waals surface area contributed by atoms with E-state index in [4.69, 9.17) is 10.5 Å². The summed E-state index contributed by atoms with van der Waals surface area (Å²) in [6, 6.07) is 6.63. The number of morpholine rings is 1. The molecule has 1 aliphatic heterocycles. The highest BCUT2D eigenvalue weighted by Crippen LogP contribution is 2.31. The number of carbonyl (C=O) groups excluding carboxylic acids is 1. The van der Waals surface area contributed by atoms with Gasteiger partial charge in [0.2, 0.25) is 5.65 Å². The number of alkyl halides is 3. The second-order valence-corrected chi connectivity index (χ2v) is 7.81. The number of hydrogen-bond acceptors (Lipinski definition) is 8. The van der Waals surface area contributed by atoms with Crippen LogP contribution in [0.4, 0.5) is 19.0 Å².